The van der Waals surface area contributed by atoms with Crippen molar-refractivity contribution in [1.82, 2.24) is 0 Å². The Labute approximate surface area is 107 Å². The van der Waals surface area contributed by atoms with Crippen LogP contribution in [0.15, 0.2) is 22.7 Å². The van der Waals surface area contributed by atoms with Crippen molar-refractivity contribution in [2.45, 2.75) is 25.7 Å². The fraction of sp³-hybridized carbons (Fsp3) is 0.333. The third-order valence-electron chi connectivity index (χ3n) is 2.68. The van der Waals surface area contributed by atoms with E-state index in [1.54, 1.807) is 0 Å². The van der Waals surface area contributed by atoms with Crippen LogP contribution in [0.25, 0.3) is 0 Å². The molecule has 1 aliphatic heterocycles. The van der Waals surface area contributed by atoms with Crippen molar-refractivity contribution in [1.29, 1.82) is 0 Å². The fourth-order valence-electron chi connectivity index (χ4n) is 1.84. The highest BCUT2D eigenvalue weighted by Gasteiger charge is 2.27. The predicted molar refractivity (Wildman–Crippen MR) is 65.1 cm³/mol. The van der Waals surface area contributed by atoms with Gasteiger partial charge in [0.15, 0.2) is 0 Å². The van der Waals surface area contributed by atoms with E-state index < -0.39 is 5.82 Å². The van der Waals surface area contributed by atoms with Crippen molar-refractivity contribution in [3.63, 3.8) is 0 Å². The second-order valence-corrected chi connectivity index (χ2v) is 4.78. The molecule has 5 heteroatoms. The number of halogens is 2. The molecule has 0 radical (unpaired) electrons. The van der Waals surface area contributed by atoms with Crippen LogP contribution < -0.4 is 4.90 Å². The highest BCUT2D eigenvalue weighted by Crippen LogP contribution is 2.30. The standard InChI is InChI=1S/C12H11BrFNO2/c13-9-6-5-8(14)7-10(9)15-11(16)3-1-2-4-12(15)17/h5-7H,1-4H2. The normalized spacial score (nSPS) is 17.2. The molecule has 0 saturated carbocycles. The maximum Gasteiger partial charge on any atom is 0.233 e. The lowest BCUT2D eigenvalue weighted by Gasteiger charge is -2.20. The van der Waals surface area contributed by atoms with Gasteiger partial charge in [0.05, 0.1) is 5.69 Å². The summed E-state index contributed by atoms with van der Waals surface area (Å²) in [6.45, 7) is 0. The number of nitrogens with zero attached hydrogens (tertiary/aromatic N) is 1. The van der Waals surface area contributed by atoms with Gasteiger partial charge in [-0.3, -0.25) is 9.59 Å². The van der Waals surface area contributed by atoms with E-state index in [0.717, 1.165) is 4.90 Å². The zero-order chi connectivity index (χ0) is 12.4. The second-order valence-electron chi connectivity index (χ2n) is 3.93. The summed E-state index contributed by atoms with van der Waals surface area (Å²) in [6, 6.07) is 3.97. The average molecular weight is 300 g/mol. The summed E-state index contributed by atoms with van der Waals surface area (Å²) < 4.78 is 13.7. The van der Waals surface area contributed by atoms with Crippen LogP contribution in [0.2, 0.25) is 0 Å². The molecule has 1 aromatic rings. The number of hydrogen-bond donors (Lipinski definition) is 0. The van der Waals surface area contributed by atoms with Gasteiger partial charge in [-0.1, -0.05) is 0 Å². The summed E-state index contributed by atoms with van der Waals surface area (Å²) in [5.74, 6) is -0.995. The summed E-state index contributed by atoms with van der Waals surface area (Å²) in [5.41, 5.74) is 0.293. The average Bonchev–Trinajstić information content (AvgIpc) is 2.44. The smallest absolute Gasteiger partial charge is 0.233 e. The van der Waals surface area contributed by atoms with E-state index in [4.69, 9.17) is 0 Å². The van der Waals surface area contributed by atoms with Crippen molar-refractivity contribution >= 4 is 33.4 Å². The largest absolute Gasteiger partial charge is 0.274 e. The lowest BCUT2D eigenvalue weighted by Crippen LogP contribution is -2.35. The number of benzene rings is 1. The number of carbonyl (C=O) groups is 2. The molecule has 1 saturated heterocycles. The van der Waals surface area contributed by atoms with E-state index in [-0.39, 0.29) is 11.8 Å². The first kappa shape index (κ1) is 12.2. The highest BCUT2D eigenvalue weighted by atomic mass is 79.9. The van der Waals surface area contributed by atoms with Crippen molar-refractivity contribution in [2.75, 3.05) is 4.90 Å². The predicted octanol–water partition coefficient (Wildman–Crippen LogP) is 3.02. The first-order valence-electron chi connectivity index (χ1n) is 5.40. The Morgan fingerprint density at radius 2 is 1.71 bits per heavy atom. The van der Waals surface area contributed by atoms with E-state index in [1.807, 2.05) is 0 Å². The topological polar surface area (TPSA) is 37.4 Å². The van der Waals surface area contributed by atoms with Gasteiger partial charge >= 0.3 is 0 Å². The quantitative estimate of drug-likeness (QED) is 0.748. The lowest BCUT2D eigenvalue weighted by atomic mass is 10.2. The van der Waals surface area contributed by atoms with Gasteiger partial charge in [0.25, 0.3) is 0 Å². The van der Waals surface area contributed by atoms with Crippen LogP contribution in [0.5, 0.6) is 0 Å². The van der Waals surface area contributed by atoms with Crippen LogP contribution in [-0.4, -0.2) is 11.8 Å². The van der Waals surface area contributed by atoms with Gasteiger partial charge in [0, 0.05) is 17.3 Å². The van der Waals surface area contributed by atoms with Crippen LogP contribution in [0.1, 0.15) is 25.7 Å². The number of rotatable bonds is 1. The molecule has 0 aromatic heterocycles. The molecule has 1 heterocycles. The Hall–Kier alpha value is -1.23. The molecule has 17 heavy (non-hydrogen) atoms. The number of carbonyl (C=O) groups excluding carboxylic acids is 2. The Morgan fingerprint density at radius 3 is 2.29 bits per heavy atom. The Balaban J connectivity index is 2.45. The summed E-state index contributed by atoms with van der Waals surface area (Å²) in [5, 5.41) is 0. The molecular weight excluding hydrogens is 289 g/mol. The molecule has 1 aromatic carbocycles. The molecule has 0 unspecified atom stereocenters. The Kier molecular flexibility index (Phi) is 3.57. The van der Waals surface area contributed by atoms with Gasteiger partial charge in [-0.15, -0.1) is 0 Å². The zero-order valence-corrected chi connectivity index (χ0v) is 10.7. The first-order chi connectivity index (χ1) is 8.09. The number of anilines is 1. The van der Waals surface area contributed by atoms with Crippen molar-refractivity contribution in [3.8, 4) is 0 Å². The van der Waals surface area contributed by atoms with E-state index in [9.17, 15) is 14.0 Å². The maximum atomic E-state index is 13.2. The lowest BCUT2D eigenvalue weighted by molar-refractivity contribution is -0.125. The van der Waals surface area contributed by atoms with E-state index in [0.29, 0.717) is 35.8 Å². The molecule has 1 fully saturated rings. The fourth-order valence-corrected chi connectivity index (χ4v) is 2.26. The summed E-state index contributed by atoms with van der Waals surface area (Å²) >= 11 is 3.23. The minimum absolute atomic E-state index is 0.265. The van der Waals surface area contributed by atoms with E-state index >= 15 is 0 Å². The van der Waals surface area contributed by atoms with Gasteiger partial charge < -0.3 is 0 Å². The summed E-state index contributed by atoms with van der Waals surface area (Å²) in [7, 11) is 0. The van der Waals surface area contributed by atoms with Gasteiger partial charge in [0.1, 0.15) is 5.82 Å². The molecule has 0 atom stereocenters. The molecule has 0 spiro atoms. The molecule has 0 N–H and O–H groups in total. The number of hydrogen-bond acceptors (Lipinski definition) is 2. The van der Waals surface area contributed by atoms with Crippen molar-refractivity contribution < 1.29 is 14.0 Å². The molecule has 0 bridgehead atoms. The van der Waals surface area contributed by atoms with Gasteiger partial charge in [-0.05, 0) is 47.0 Å². The van der Waals surface area contributed by atoms with Crippen molar-refractivity contribution in [3.05, 3.63) is 28.5 Å². The minimum Gasteiger partial charge on any atom is -0.274 e. The van der Waals surface area contributed by atoms with E-state index in [1.165, 1.54) is 18.2 Å². The van der Waals surface area contributed by atoms with Crippen LogP contribution in [0.3, 0.4) is 0 Å². The van der Waals surface area contributed by atoms with Crippen LogP contribution >= 0.6 is 15.9 Å². The maximum absolute atomic E-state index is 13.2. The Bertz CT molecular complexity index is 458. The van der Waals surface area contributed by atoms with Gasteiger partial charge in [0.2, 0.25) is 11.8 Å². The second kappa shape index (κ2) is 4.96. The third-order valence-corrected chi connectivity index (χ3v) is 3.35. The van der Waals surface area contributed by atoms with E-state index in [2.05, 4.69) is 15.9 Å². The SMILES string of the molecule is O=C1CCCCC(=O)N1c1cc(F)ccc1Br. The molecule has 3 nitrogen and oxygen atoms in total. The molecule has 2 rings (SSSR count). The monoisotopic (exact) mass is 299 g/mol. The zero-order valence-electron chi connectivity index (χ0n) is 9.08. The van der Waals surface area contributed by atoms with Crippen LogP contribution in [0, 0.1) is 5.82 Å². The molecular formula is C12H11BrFNO2. The first-order valence-corrected chi connectivity index (χ1v) is 6.20. The van der Waals surface area contributed by atoms with Crippen LogP contribution in [-0.2, 0) is 9.59 Å². The van der Waals surface area contributed by atoms with Crippen LogP contribution in [0.4, 0.5) is 10.1 Å². The third kappa shape index (κ3) is 2.54. The summed E-state index contributed by atoms with van der Waals surface area (Å²) in [6.07, 6.45) is 2.06. The molecule has 1 aliphatic rings. The van der Waals surface area contributed by atoms with Gasteiger partial charge in [-0.2, -0.15) is 0 Å². The molecule has 2 amide bonds. The summed E-state index contributed by atoms with van der Waals surface area (Å²) in [4.78, 5) is 24.8. The highest BCUT2D eigenvalue weighted by molar-refractivity contribution is 9.10. The number of amides is 2. The Morgan fingerprint density at radius 1 is 1.12 bits per heavy atom. The molecule has 0 aliphatic carbocycles. The number of imide groups is 1. The minimum atomic E-state index is -0.465. The molecule has 90 valence electrons. The van der Waals surface area contributed by atoms with Gasteiger partial charge in [-0.25, -0.2) is 9.29 Å². The van der Waals surface area contributed by atoms with Crippen molar-refractivity contribution in [2.24, 2.45) is 0 Å².